The van der Waals surface area contributed by atoms with Gasteiger partial charge >= 0.3 is 0 Å². The highest BCUT2D eigenvalue weighted by Crippen LogP contribution is 2.18. The first-order chi connectivity index (χ1) is 6.19. The second kappa shape index (κ2) is 4.46. The molecule has 4 heteroatoms. The highest BCUT2D eigenvalue weighted by atomic mass is 32.2. The number of aryl methyl sites for hydroxylation is 1. The standard InChI is InChI=1S/C9H15N3S/c1-5-10-8-6(2)7(3)11-9(12-8)13-4/h5H2,1-4H3,(H,10,11,12). The van der Waals surface area contributed by atoms with Crippen LogP contribution in [0.3, 0.4) is 0 Å². The Balaban J connectivity index is 3.09. The van der Waals surface area contributed by atoms with E-state index >= 15 is 0 Å². The molecule has 0 bridgehead atoms. The van der Waals surface area contributed by atoms with Crippen molar-refractivity contribution in [3.63, 3.8) is 0 Å². The maximum Gasteiger partial charge on any atom is 0.189 e. The molecule has 72 valence electrons. The van der Waals surface area contributed by atoms with Gasteiger partial charge in [-0.2, -0.15) is 0 Å². The molecule has 1 N–H and O–H groups in total. The van der Waals surface area contributed by atoms with Crippen LogP contribution in [0.5, 0.6) is 0 Å². The summed E-state index contributed by atoms with van der Waals surface area (Å²) in [7, 11) is 0. The average molecular weight is 197 g/mol. The van der Waals surface area contributed by atoms with Gasteiger partial charge in [0.05, 0.1) is 0 Å². The van der Waals surface area contributed by atoms with E-state index in [-0.39, 0.29) is 0 Å². The highest BCUT2D eigenvalue weighted by Gasteiger charge is 2.05. The van der Waals surface area contributed by atoms with Crippen molar-refractivity contribution in [3.05, 3.63) is 11.3 Å². The van der Waals surface area contributed by atoms with Crippen LogP contribution in [0.15, 0.2) is 5.16 Å². The molecule has 0 saturated carbocycles. The molecule has 0 amide bonds. The van der Waals surface area contributed by atoms with E-state index in [9.17, 15) is 0 Å². The molecule has 1 rings (SSSR count). The summed E-state index contributed by atoms with van der Waals surface area (Å²) >= 11 is 1.57. The van der Waals surface area contributed by atoms with Gasteiger partial charge in [0.1, 0.15) is 5.82 Å². The van der Waals surface area contributed by atoms with E-state index in [1.54, 1.807) is 11.8 Å². The van der Waals surface area contributed by atoms with Crippen molar-refractivity contribution in [2.24, 2.45) is 0 Å². The first-order valence-electron chi connectivity index (χ1n) is 4.32. The molecule has 0 unspecified atom stereocenters. The summed E-state index contributed by atoms with van der Waals surface area (Å²) in [4.78, 5) is 8.73. The molecule has 0 fully saturated rings. The Bertz CT molecular complexity index is 299. The van der Waals surface area contributed by atoms with Gasteiger partial charge < -0.3 is 5.32 Å². The van der Waals surface area contributed by atoms with E-state index < -0.39 is 0 Å². The van der Waals surface area contributed by atoms with Crippen LogP contribution in [0.2, 0.25) is 0 Å². The number of hydrogen-bond donors (Lipinski definition) is 1. The fourth-order valence-electron chi connectivity index (χ4n) is 1.03. The van der Waals surface area contributed by atoms with Gasteiger partial charge in [-0.1, -0.05) is 11.8 Å². The molecule has 1 aromatic heterocycles. The lowest BCUT2D eigenvalue weighted by Gasteiger charge is -2.09. The van der Waals surface area contributed by atoms with Crippen molar-refractivity contribution < 1.29 is 0 Å². The third kappa shape index (κ3) is 2.34. The highest BCUT2D eigenvalue weighted by molar-refractivity contribution is 7.98. The summed E-state index contributed by atoms with van der Waals surface area (Å²) in [6, 6.07) is 0. The maximum atomic E-state index is 4.38. The summed E-state index contributed by atoms with van der Waals surface area (Å²) in [5, 5.41) is 4.06. The summed E-state index contributed by atoms with van der Waals surface area (Å²) in [5.74, 6) is 0.958. The second-order valence-corrected chi connectivity index (χ2v) is 3.57. The van der Waals surface area contributed by atoms with Crippen molar-refractivity contribution in [3.8, 4) is 0 Å². The number of rotatable bonds is 3. The molecule has 1 heterocycles. The van der Waals surface area contributed by atoms with Crippen molar-refractivity contribution >= 4 is 17.6 Å². The summed E-state index contributed by atoms with van der Waals surface area (Å²) < 4.78 is 0. The van der Waals surface area contributed by atoms with E-state index in [0.29, 0.717) is 0 Å². The third-order valence-electron chi connectivity index (χ3n) is 1.90. The zero-order chi connectivity index (χ0) is 9.84. The molecular weight excluding hydrogens is 182 g/mol. The minimum absolute atomic E-state index is 0.832. The zero-order valence-corrected chi connectivity index (χ0v) is 9.33. The fraction of sp³-hybridized carbons (Fsp3) is 0.556. The lowest BCUT2D eigenvalue weighted by Crippen LogP contribution is -2.05. The van der Waals surface area contributed by atoms with E-state index in [2.05, 4.69) is 22.2 Å². The van der Waals surface area contributed by atoms with E-state index in [4.69, 9.17) is 0 Å². The van der Waals surface area contributed by atoms with Gasteiger partial charge in [-0.05, 0) is 27.0 Å². The molecule has 0 radical (unpaired) electrons. The molecule has 0 atom stereocenters. The molecule has 13 heavy (non-hydrogen) atoms. The Morgan fingerprint density at radius 2 is 2.00 bits per heavy atom. The number of hydrogen-bond acceptors (Lipinski definition) is 4. The van der Waals surface area contributed by atoms with Crippen LogP contribution in [-0.4, -0.2) is 22.8 Å². The zero-order valence-electron chi connectivity index (χ0n) is 8.51. The van der Waals surface area contributed by atoms with Crippen molar-refractivity contribution in [1.82, 2.24) is 9.97 Å². The molecule has 0 aliphatic heterocycles. The van der Waals surface area contributed by atoms with Crippen LogP contribution in [0.25, 0.3) is 0 Å². The normalized spacial score (nSPS) is 10.2. The van der Waals surface area contributed by atoms with Crippen LogP contribution >= 0.6 is 11.8 Å². The quantitative estimate of drug-likeness (QED) is 0.595. The van der Waals surface area contributed by atoms with Gasteiger partial charge in [-0.25, -0.2) is 9.97 Å². The van der Waals surface area contributed by atoms with E-state index in [0.717, 1.165) is 28.8 Å². The Hall–Kier alpha value is -0.770. The largest absolute Gasteiger partial charge is 0.370 e. The predicted molar refractivity (Wildman–Crippen MR) is 57.5 cm³/mol. The molecule has 0 aromatic carbocycles. The number of nitrogens with zero attached hydrogens (tertiary/aromatic N) is 2. The molecule has 0 saturated heterocycles. The molecule has 1 aromatic rings. The fourth-order valence-corrected chi connectivity index (χ4v) is 1.44. The Labute approximate surface area is 83.4 Å². The van der Waals surface area contributed by atoms with Crippen LogP contribution in [0.1, 0.15) is 18.2 Å². The maximum absolute atomic E-state index is 4.38. The number of nitrogens with one attached hydrogen (secondary N) is 1. The van der Waals surface area contributed by atoms with Gasteiger partial charge in [-0.15, -0.1) is 0 Å². The third-order valence-corrected chi connectivity index (χ3v) is 2.44. The van der Waals surface area contributed by atoms with Gasteiger partial charge in [-0.3, -0.25) is 0 Å². The molecule has 0 spiro atoms. The number of anilines is 1. The van der Waals surface area contributed by atoms with Crippen LogP contribution in [0.4, 0.5) is 5.82 Å². The molecule has 3 nitrogen and oxygen atoms in total. The summed E-state index contributed by atoms with van der Waals surface area (Å²) in [6.45, 7) is 7.01. The lowest BCUT2D eigenvalue weighted by atomic mass is 10.2. The average Bonchev–Trinajstić information content (AvgIpc) is 2.13. The summed E-state index contributed by atoms with van der Waals surface area (Å²) in [5.41, 5.74) is 2.19. The first-order valence-corrected chi connectivity index (χ1v) is 5.54. The topological polar surface area (TPSA) is 37.8 Å². The number of thioether (sulfide) groups is 1. The number of aromatic nitrogens is 2. The van der Waals surface area contributed by atoms with Gasteiger partial charge in [0.2, 0.25) is 0 Å². The van der Waals surface area contributed by atoms with Crippen molar-refractivity contribution in [2.45, 2.75) is 25.9 Å². The lowest BCUT2D eigenvalue weighted by molar-refractivity contribution is 0.911. The predicted octanol–water partition coefficient (Wildman–Crippen LogP) is 2.25. The molecular formula is C9H15N3S. The smallest absolute Gasteiger partial charge is 0.189 e. The van der Waals surface area contributed by atoms with Crippen molar-refractivity contribution in [2.75, 3.05) is 18.1 Å². The Kier molecular flexibility index (Phi) is 3.54. The Morgan fingerprint density at radius 3 is 2.54 bits per heavy atom. The van der Waals surface area contributed by atoms with E-state index in [1.807, 2.05) is 20.1 Å². The molecule has 0 aliphatic rings. The van der Waals surface area contributed by atoms with Gasteiger partial charge in [0.25, 0.3) is 0 Å². The van der Waals surface area contributed by atoms with Gasteiger partial charge in [0, 0.05) is 17.8 Å². The molecule has 0 aliphatic carbocycles. The monoisotopic (exact) mass is 197 g/mol. The SMILES string of the molecule is CCNc1nc(SC)nc(C)c1C. The van der Waals surface area contributed by atoms with Crippen LogP contribution in [-0.2, 0) is 0 Å². The second-order valence-electron chi connectivity index (χ2n) is 2.80. The van der Waals surface area contributed by atoms with E-state index in [1.165, 1.54) is 0 Å². The minimum Gasteiger partial charge on any atom is -0.370 e. The Morgan fingerprint density at radius 1 is 1.31 bits per heavy atom. The van der Waals surface area contributed by atoms with Crippen LogP contribution < -0.4 is 5.32 Å². The minimum atomic E-state index is 0.832. The van der Waals surface area contributed by atoms with Gasteiger partial charge in [0.15, 0.2) is 5.16 Å². The van der Waals surface area contributed by atoms with Crippen LogP contribution in [0, 0.1) is 13.8 Å². The van der Waals surface area contributed by atoms with Crippen molar-refractivity contribution in [1.29, 1.82) is 0 Å². The summed E-state index contributed by atoms with van der Waals surface area (Å²) in [6.07, 6.45) is 1.99. The first kappa shape index (κ1) is 10.3.